The number of carbonyl (C=O) groups excluding carboxylic acids is 3. The van der Waals surface area contributed by atoms with Crippen LogP contribution in [0, 0.1) is 0 Å². The second-order valence-electron chi connectivity index (χ2n) is 3.97. The highest BCUT2D eigenvalue weighted by Gasteiger charge is 2.40. The zero-order valence-corrected chi connectivity index (χ0v) is 9.45. The number of carbonyl (C=O) groups is 3. The summed E-state index contributed by atoms with van der Waals surface area (Å²) >= 11 is 0. The van der Waals surface area contributed by atoms with Gasteiger partial charge in [-0.15, -0.1) is 0 Å². The van der Waals surface area contributed by atoms with Gasteiger partial charge in [-0.3, -0.25) is 19.3 Å². The third-order valence-electron chi connectivity index (χ3n) is 2.86. The van der Waals surface area contributed by atoms with Crippen LogP contribution in [-0.4, -0.2) is 35.7 Å². The Bertz CT molecular complexity index is 453. The lowest BCUT2D eigenvalue weighted by Gasteiger charge is -2.29. The van der Waals surface area contributed by atoms with Gasteiger partial charge in [0.15, 0.2) is 0 Å². The lowest BCUT2D eigenvalue weighted by Crippen LogP contribution is -2.52. The summed E-state index contributed by atoms with van der Waals surface area (Å²) in [6.07, 6.45) is 2.20. The Labute approximate surface area is 98.3 Å². The van der Waals surface area contributed by atoms with Crippen molar-refractivity contribution in [1.29, 1.82) is 0 Å². The molecule has 0 spiro atoms. The van der Waals surface area contributed by atoms with E-state index in [1.165, 1.54) is 6.08 Å². The van der Waals surface area contributed by atoms with Crippen molar-refractivity contribution >= 4 is 17.7 Å². The van der Waals surface area contributed by atoms with Crippen LogP contribution in [0.1, 0.15) is 12.8 Å². The molecule has 0 saturated carbocycles. The monoisotopic (exact) mass is 235 g/mol. The maximum absolute atomic E-state index is 11.8. The first-order valence-electron chi connectivity index (χ1n) is 5.30. The molecule has 1 fully saturated rings. The predicted molar refractivity (Wildman–Crippen MR) is 59.3 cm³/mol. The molecule has 0 bridgehead atoms. The molecular formula is C11H13N3O3. The van der Waals surface area contributed by atoms with Crippen molar-refractivity contribution in [3.63, 3.8) is 0 Å². The molecule has 2 aliphatic rings. The van der Waals surface area contributed by atoms with Gasteiger partial charge in [0.05, 0.1) is 0 Å². The van der Waals surface area contributed by atoms with Crippen molar-refractivity contribution in [3.8, 4) is 0 Å². The molecular weight excluding hydrogens is 222 g/mol. The molecule has 0 aromatic heterocycles. The summed E-state index contributed by atoms with van der Waals surface area (Å²) in [4.78, 5) is 36.2. The number of imide groups is 1. The molecule has 90 valence electrons. The minimum absolute atomic E-state index is 0.215. The highest BCUT2D eigenvalue weighted by molar-refractivity contribution is 6.17. The van der Waals surface area contributed by atoms with Gasteiger partial charge in [0.25, 0.3) is 11.8 Å². The van der Waals surface area contributed by atoms with Crippen molar-refractivity contribution in [2.75, 3.05) is 7.05 Å². The Hall–Kier alpha value is -2.11. The topological polar surface area (TPSA) is 78.5 Å². The average Bonchev–Trinajstić information content (AvgIpc) is 2.55. The van der Waals surface area contributed by atoms with E-state index in [0.29, 0.717) is 18.5 Å². The summed E-state index contributed by atoms with van der Waals surface area (Å²) in [7, 11) is 1.56. The number of allylic oxidation sites excluding steroid dienone is 1. The Morgan fingerprint density at radius 2 is 2.18 bits per heavy atom. The summed E-state index contributed by atoms with van der Waals surface area (Å²) in [5, 5.41) is 5.19. The van der Waals surface area contributed by atoms with Gasteiger partial charge in [0.2, 0.25) is 5.91 Å². The van der Waals surface area contributed by atoms with Crippen molar-refractivity contribution in [1.82, 2.24) is 15.5 Å². The number of nitrogens with zero attached hydrogens (tertiary/aromatic N) is 1. The van der Waals surface area contributed by atoms with Crippen LogP contribution < -0.4 is 10.6 Å². The molecule has 3 amide bonds. The number of hydrogen-bond donors (Lipinski definition) is 2. The number of likely N-dealkylation sites (N-methyl/N-ethyl adjacent to an activating group) is 1. The van der Waals surface area contributed by atoms with Crippen molar-refractivity contribution in [2.24, 2.45) is 0 Å². The van der Waals surface area contributed by atoms with E-state index in [1.54, 1.807) is 7.05 Å². The summed E-state index contributed by atoms with van der Waals surface area (Å²) in [5.74, 6) is -1.26. The molecule has 0 radical (unpaired) electrons. The average molecular weight is 235 g/mol. The van der Waals surface area contributed by atoms with Crippen LogP contribution in [0.15, 0.2) is 24.0 Å². The van der Waals surface area contributed by atoms with Crippen LogP contribution in [0.3, 0.4) is 0 Å². The third-order valence-corrected chi connectivity index (χ3v) is 2.86. The van der Waals surface area contributed by atoms with Gasteiger partial charge in [0.1, 0.15) is 11.7 Å². The molecule has 2 aliphatic heterocycles. The van der Waals surface area contributed by atoms with Crippen LogP contribution in [0.25, 0.3) is 0 Å². The smallest absolute Gasteiger partial charge is 0.277 e. The standard InChI is InChI=1S/C11H13N3O3/c1-6-3-4-8(10(16)13-6)14-9(15)5-7(12-2)11(14)17/h5,8,12H,1,3-4H2,2H3,(H,13,16). The van der Waals surface area contributed by atoms with Crippen LogP contribution in [0.2, 0.25) is 0 Å². The molecule has 0 aromatic rings. The molecule has 1 atom stereocenters. The molecule has 2 N–H and O–H groups in total. The van der Waals surface area contributed by atoms with E-state index in [2.05, 4.69) is 17.2 Å². The number of hydrogen-bond acceptors (Lipinski definition) is 4. The third kappa shape index (κ3) is 1.82. The van der Waals surface area contributed by atoms with Gasteiger partial charge in [-0.25, -0.2) is 0 Å². The van der Waals surface area contributed by atoms with Crippen molar-refractivity contribution in [3.05, 3.63) is 24.0 Å². The lowest BCUT2D eigenvalue weighted by molar-refractivity contribution is -0.146. The Morgan fingerprint density at radius 1 is 1.47 bits per heavy atom. The molecule has 1 saturated heterocycles. The SMILES string of the molecule is C=C1CCC(N2C(=O)C=C(NC)C2=O)C(=O)N1. The molecule has 0 aliphatic carbocycles. The summed E-state index contributed by atoms with van der Waals surface area (Å²) in [5.41, 5.74) is 0.833. The quantitative estimate of drug-likeness (QED) is 0.617. The van der Waals surface area contributed by atoms with Gasteiger partial charge in [-0.05, 0) is 12.8 Å². The molecule has 6 heteroatoms. The van der Waals surface area contributed by atoms with Crippen LogP contribution in [0.5, 0.6) is 0 Å². The number of piperidine rings is 1. The molecule has 6 nitrogen and oxygen atoms in total. The minimum atomic E-state index is -0.734. The van der Waals surface area contributed by atoms with E-state index in [0.717, 1.165) is 4.90 Å². The fourth-order valence-corrected chi connectivity index (χ4v) is 1.97. The summed E-state index contributed by atoms with van der Waals surface area (Å²) in [6, 6.07) is -0.734. The molecule has 2 heterocycles. The number of rotatable bonds is 2. The Morgan fingerprint density at radius 3 is 2.71 bits per heavy atom. The van der Waals surface area contributed by atoms with Crippen LogP contribution in [0.4, 0.5) is 0 Å². The first-order valence-corrected chi connectivity index (χ1v) is 5.30. The molecule has 1 unspecified atom stereocenters. The number of nitrogens with one attached hydrogen (secondary N) is 2. The zero-order valence-electron chi connectivity index (χ0n) is 9.45. The maximum atomic E-state index is 11.8. The molecule has 17 heavy (non-hydrogen) atoms. The van der Waals surface area contributed by atoms with Crippen LogP contribution >= 0.6 is 0 Å². The van der Waals surface area contributed by atoms with E-state index >= 15 is 0 Å². The van der Waals surface area contributed by atoms with E-state index in [4.69, 9.17) is 0 Å². The van der Waals surface area contributed by atoms with Gasteiger partial charge < -0.3 is 10.6 Å². The van der Waals surface area contributed by atoms with Crippen molar-refractivity contribution < 1.29 is 14.4 Å². The van der Waals surface area contributed by atoms with E-state index in [1.807, 2.05) is 0 Å². The fraction of sp³-hybridized carbons (Fsp3) is 0.364. The highest BCUT2D eigenvalue weighted by Crippen LogP contribution is 2.21. The van der Waals surface area contributed by atoms with Crippen LogP contribution in [-0.2, 0) is 14.4 Å². The zero-order chi connectivity index (χ0) is 12.6. The van der Waals surface area contributed by atoms with Gasteiger partial charge in [-0.1, -0.05) is 6.58 Å². The minimum Gasteiger partial charge on any atom is -0.383 e. The number of amides is 3. The maximum Gasteiger partial charge on any atom is 0.277 e. The molecule has 2 rings (SSSR count). The van der Waals surface area contributed by atoms with E-state index in [9.17, 15) is 14.4 Å². The summed E-state index contributed by atoms with van der Waals surface area (Å²) < 4.78 is 0. The van der Waals surface area contributed by atoms with Gasteiger partial charge >= 0.3 is 0 Å². The Balaban J connectivity index is 2.20. The van der Waals surface area contributed by atoms with E-state index < -0.39 is 17.9 Å². The second-order valence-corrected chi connectivity index (χ2v) is 3.97. The lowest BCUT2D eigenvalue weighted by atomic mass is 10.0. The largest absolute Gasteiger partial charge is 0.383 e. The first-order chi connectivity index (χ1) is 8.04. The van der Waals surface area contributed by atoms with Gasteiger partial charge in [0, 0.05) is 18.8 Å². The fourth-order valence-electron chi connectivity index (χ4n) is 1.97. The summed E-state index contributed by atoms with van der Waals surface area (Å²) in [6.45, 7) is 3.65. The Kier molecular flexibility index (Phi) is 2.71. The van der Waals surface area contributed by atoms with Gasteiger partial charge in [-0.2, -0.15) is 0 Å². The second kappa shape index (κ2) is 4.04. The predicted octanol–water partition coefficient (Wildman–Crippen LogP) is -0.749. The first kappa shape index (κ1) is 11.4. The van der Waals surface area contributed by atoms with Crippen molar-refractivity contribution in [2.45, 2.75) is 18.9 Å². The molecule has 0 aromatic carbocycles. The highest BCUT2D eigenvalue weighted by atomic mass is 16.2. The normalized spacial score (nSPS) is 24.9. The van der Waals surface area contributed by atoms with E-state index in [-0.39, 0.29) is 11.6 Å².